The first-order chi connectivity index (χ1) is 15.7. The third-order valence-electron chi connectivity index (χ3n) is 4.89. The molecule has 0 radical (unpaired) electrons. The highest BCUT2D eigenvalue weighted by atomic mass is 35.5. The minimum absolute atomic E-state index is 0.0816. The molecule has 0 heterocycles. The summed E-state index contributed by atoms with van der Waals surface area (Å²) in [4.78, 5) is 25.4. The molecule has 33 heavy (non-hydrogen) atoms. The van der Waals surface area contributed by atoms with Crippen LogP contribution in [0.1, 0.15) is 12.0 Å². The second-order valence-electron chi connectivity index (χ2n) is 7.27. The first-order valence-electron chi connectivity index (χ1n) is 9.98. The van der Waals surface area contributed by atoms with Crippen molar-refractivity contribution in [3.05, 3.63) is 77.1 Å². The van der Waals surface area contributed by atoms with E-state index in [2.05, 4.69) is 4.72 Å². The Labute approximate surface area is 196 Å². The molecule has 0 spiro atoms. The Balaban J connectivity index is 1.46. The van der Waals surface area contributed by atoms with Gasteiger partial charge >= 0.3 is 5.97 Å². The predicted molar refractivity (Wildman–Crippen MR) is 123 cm³/mol. The molecule has 10 heteroatoms. The number of fused-ring (bicyclic) bond motifs is 1. The van der Waals surface area contributed by atoms with Crippen molar-refractivity contribution in [2.24, 2.45) is 0 Å². The Kier molecular flexibility index (Phi) is 8.01. The summed E-state index contributed by atoms with van der Waals surface area (Å²) >= 11 is 5.95. The van der Waals surface area contributed by atoms with E-state index in [-0.39, 0.29) is 35.0 Å². The molecule has 0 saturated carbocycles. The van der Waals surface area contributed by atoms with E-state index in [4.69, 9.17) is 16.3 Å². The Bertz CT molecular complexity index is 1260. The van der Waals surface area contributed by atoms with Gasteiger partial charge in [-0.25, -0.2) is 17.5 Å². The maximum atomic E-state index is 13.9. The SMILES string of the molecule is CN(Cc1c(F)cccc1Cl)C(=O)COC(=O)CCNS(=O)(=O)c1ccc2ccccc2c1. The second-order valence-corrected chi connectivity index (χ2v) is 9.44. The molecule has 0 fully saturated rings. The number of ether oxygens (including phenoxy) is 1. The lowest BCUT2D eigenvalue weighted by molar-refractivity contribution is -0.151. The lowest BCUT2D eigenvalue weighted by Crippen LogP contribution is -2.32. The summed E-state index contributed by atoms with van der Waals surface area (Å²) in [5.41, 5.74) is 0.157. The van der Waals surface area contributed by atoms with E-state index in [0.717, 1.165) is 10.8 Å². The maximum Gasteiger partial charge on any atom is 0.307 e. The van der Waals surface area contributed by atoms with Gasteiger partial charge in [0.15, 0.2) is 6.61 Å². The van der Waals surface area contributed by atoms with Gasteiger partial charge in [-0.1, -0.05) is 48.0 Å². The molecule has 0 unspecified atom stereocenters. The molecule has 7 nitrogen and oxygen atoms in total. The summed E-state index contributed by atoms with van der Waals surface area (Å²) in [5.74, 6) is -1.85. The molecule has 0 aliphatic carbocycles. The topological polar surface area (TPSA) is 92.8 Å². The second kappa shape index (κ2) is 10.7. The minimum Gasteiger partial charge on any atom is -0.456 e. The van der Waals surface area contributed by atoms with Crippen molar-refractivity contribution in [2.75, 3.05) is 20.2 Å². The largest absolute Gasteiger partial charge is 0.456 e. The fraction of sp³-hybridized carbons (Fsp3) is 0.217. The van der Waals surface area contributed by atoms with Gasteiger partial charge in [-0.15, -0.1) is 0 Å². The van der Waals surface area contributed by atoms with Crippen LogP contribution in [0.5, 0.6) is 0 Å². The van der Waals surface area contributed by atoms with Gasteiger partial charge in [-0.2, -0.15) is 0 Å². The van der Waals surface area contributed by atoms with Crippen LogP contribution in [0.4, 0.5) is 4.39 Å². The number of sulfonamides is 1. The van der Waals surface area contributed by atoms with Crippen molar-refractivity contribution in [3.8, 4) is 0 Å². The summed E-state index contributed by atoms with van der Waals surface area (Å²) in [6.07, 6.45) is -0.261. The molecule has 174 valence electrons. The van der Waals surface area contributed by atoms with E-state index >= 15 is 0 Å². The standard InChI is InChI=1S/C23H22ClFN2O5S/c1-27(14-19-20(24)7-4-8-21(19)25)22(28)15-32-23(29)11-12-26-33(30,31)18-10-9-16-5-2-3-6-17(16)13-18/h2-10,13,26H,11-12,14-15H2,1H3. The van der Waals surface area contributed by atoms with Crippen molar-refractivity contribution in [3.63, 3.8) is 0 Å². The van der Waals surface area contributed by atoms with Gasteiger partial charge in [0.25, 0.3) is 5.91 Å². The molecule has 3 aromatic carbocycles. The number of carbonyl (C=O) groups excluding carboxylic acids is 2. The van der Waals surface area contributed by atoms with E-state index in [9.17, 15) is 22.4 Å². The van der Waals surface area contributed by atoms with Crippen molar-refractivity contribution < 1.29 is 27.1 Å². The van der Waals surface area contributed by atoms with Gasteiger partial charge in [0.1, 0.15) is 5.82 Å². The zero-order chi connectivity index (χ0) is 24.0. The number of carbonyl (C=O) groups is 2. The predicted octanol–water partition coefficient (Wildman–Crippen LogP) is 3.50. The first-order valence-corrected chi connectivity index (χ1v) is 11.8. The van der Waals surface area contributed by atoms with Gasteiger partial charge in [-0.3, -0.25) is 9.59 Å². The van der Waals surface area contributed by atoms with E-state index in [0.29, 0.717) is 0 Å². The molecular formula is C23H22ClFN2O5S. The molecule has 0 bridgehead atoms. The molecule has 0 atom stereocenters. The van der Waals surface area contributed by atoms with Crippen LogP contribution in [0.3, 0.4) is 0 Å². The van der Waals surface area contributed by atoms with Crippen LogP contribution in [0.15, 0.2) is 65.6 Å². The number of nitrogens with zero attached hydrogens (tertiary/aromatic N) is 1. The molecule has 3 rings (SSSR count). The summed E-state index contributed by atoms with van der Waals surface area (Å²) in [7, 11) is -2.39. The number of rotatable bonds is 9. The molecular weight excluding hydrogens is 471 g/mol. The van der Waals surface area contributed by atoms with E-state index in [1.54, 1.807) is 18.2 Å². The normalized spacial score (nSPS) is 11.4. The highest BCUT2D eigenvalue weighted by Gasteiger charge is 2.18. The van der Waals surface area contributed by atoms with Crippen molar-refractivity contribution in [1.82, 2.24) is 9.62 Å². The molecule has 1 N–H and O–H groups in total. The van der Waals surface area contributed by atoms with Gasteiger partial charge in [0.2, 0.25) is 10.0 Å². The lowest BCUT2D eigenvalue weighted by Gasteiger charge is -2.18. The molecule has 1 amide bonds. The maximum absolute atomic E-state index is 13.9. The van der Waals surface area contributed by atoms with Crippen LogP contribution >= 0.6 is 11.6 Å². The van der Waals surface area contributed by atoms with Gasteiger partial charge in [0.05, 0.1) is 11.3 Å². The van der Waals surface area contributed by atoms with Crippen LogP contribution in [0.2, 0.25) is 5.02 Å². The zero-order valence-electron chi connectivity index (χ0n) is 17.8. The van der Waals surface area contributed by atoms with Gasteiger partial charge < -0.3 is 9.64 Å². The van der Waals surface area contributed by atoms with Crippen LogP contribution < -0.4 is 4.72 Å². The van der Waals surface area contributed by atoms with Crippen molar-refractivity contribution in [2.45, 2.75) is 17.9 Å². The highest BCUT2D eigenvalue weighted by molar-refractivity contribution is 7.89. The monoisotopic (exact) mass is 492 g/mol. The van der Waals surface area contributed by atoms with Crippen LogP contribution in [0, 0.1) is 5.82 Å². The third-order valence-corrected chi connectivity index (χ3v) is 6.70. The van der Waals surface area contributed by atoms with E-state index < -0.39 is 34.3 Å². The number of hydrogen-bond donors (Lipinski definition) is 1. The fourth-order valence-electron chi connectivity index (χ4n) is 3.04. The highest BCUT2D eigenvalue weighted by Crippen LogP contribution is 2.21. The van der Waals surface area contributed by atoms with E-state index in [1.165, 1.54) is 36.2 Å². The van der Waals surface area contributed by atoms with Crippen LogP contribution in [-0.2, 0) is 30.9 Å². The first kappa shape index (κ1) is 24.6. The van der Waals surface area contributed by atoms with E-state index in [1.807, 2.05) is 18.2 Å². The Hall–Kier alpha value is -3.01. The third kappa shape index (κ3) is 6.50. The summed E-state index contributed by atoms with van der Waals surface area (Å²) < 4.78 is 46.1. The number of halogens is 2. The van der Waals surface area contributed by atoms with Crippen LogP contribution in [-0.4, -0.2) is 45.4 Å². The smallest absolute Gasteiger partial charge is 0.307 e. The summed E-state index contributed by atoms with van der Waals surface area (Å²) in [6, 6.07) is 16.3. The summed E-state index contributed by atoms with van der Waals surface area (Å²) in [5, 5.41) is 1.87. The number of likely N-dealkylation sites (N-methyl/N-ethyl adjacent to an activating group) is 1. The lowest BCUT2D eigenvalue weighted by atomic mass is 10.1. The summed E-state index contributed by atoms with van der Waals surface area (Å²) in [6.45, 7) is -0.838. The molecule has 0 aliphatic heterocycles. The average molecular weight is 493 g/mol. The van der Waals surface area contributed by atoms with Crippen molar-refractivity contribution >= 4 is 44.3 Å². The number of hydrogen-bond acceptors (Lipinski definition) is 5. The average Bonchev–Trinajstić information content (AvgIpc) is 2.79. The Morgan fingerprint density at radius 1 is 1.06 bits per heavy atom. The molecule has 3 aromatic rings. The Morgan fingerprint density at radius 2 is 1.79 bits per heavy atom. The Morgan fingerprint density at radius 3 is 2.52 bits per heavy atom. The molecule has 0 aromatic heterocycles. The van der Waals surface area contributed by atoms with Gasteiger partial charge in [0, 0.05) is 30.7 Å². The minimum atomic E-state index is -3.82. The zero-order valence-corrected chi connectivity index (χ0v) is 19.3. The number of amides is 1. The fourth-order valence-corrected chi connectivity index (χ4v) is 4.33. The quantitative estimate of drug-likeness (QED) is 0.461. The number of benzene rings is 3. The van der Waals surface area contributed by atoms with Crippen LogP contribution in [0.25, 0.3) is 10.8 Å². The van der Waals surface area contributed by atoms with Crippen molar-refractivity contribution in [1.29, 1.82) is 0 Å². The number of esters is 1. The molecule has 0 aliphatic rings. The van der Waals surface area contributed by atoms with Gasteiger partial charge in [-0.05, 0) is 35.0 Å². The number of nitrogens with one attached hydrogen (secondary N) is 1. The molecule has 0 saturated heterocycles.